The molecule has 3 aromatic rings. The monoisotopic (exact) mass is 560 g/mol. The summed E-state index contributed by atoms with van der Waals surface area (Å²) in [6, 6.07) is 9.82. The summed E-state index contributed by atoms with van der Waals surface area (Å²) < 4.78 is 60.9. The van der Waals surface area contributed by atoms with Crippen LogP contribution in [0.5, 0.6) is 34.5 Å². The molecule has 3 rings (SSSR count). The van der Waals surface area contributed by atoms with Gasteiger partial charge in [0.05, 0.1) is 58.2 Å². The zero-order valence-electron chi connectivity index (χ0n) is 22.1. The molecule has 0 aromatic heterocycles. The molecule has 0 bridgehead atoms. The van der Waals surface area contributed by atoms with E-state index in [0.717, 1.165) is 6.07 Å². The number of nitrogens with one attached hydrogen (secondary N) is 1. The Labute approximate surface area is 225 Å². The molecule has 3 aromatic carbocycles. The Hall–Kier alpha value is -4.65. The molecule has 0 saturated carbocycles. The number of nitro groups is 1. The van der Waals surface area contributed by atoms with Gasteiger partial charge >= 0.3 is 5.69 Å². The fraction of sp³-hybridized carbons (Fsp3) is 0.231. The summed E-state index contributed by atoms with van der Waals surface area (Å²) in [5, 5.41) is 11.4. The quantitative estimate of drug-likeness (QED) is 0.189. The molecule has 0 amide bonds. The van der Waals surface area contributed by atoms with Crippen molar-refractivity contribution in [1.82, 2.24) is 0 Å². The molecular weight excluding hydrogens is 532 g/mol. The number of nitrogens with zero attached hydrogens (tertiary/aromatic N) is 1. The van der Waals surface area contributed by atoms with E-state index in [0.29, 0.717) is 34.1 Å². The Morgan fingerprint density at radius 3 is 1.79 bits per heavy atom. The van der Waals surface area contributed by atoms with Crippen LogP contribution in [0.3, 0.4) is 0 Å². The van der Waals surface area contributed by atoms with Crippen LogP contribution in [-0.4, -0.2) is 56.0 Å². The second-order valence-electron chi connectivity index (χ2n) is 7.78. The van der Waals surface area contributed by atoms with Gasteiger partial charge < -0.3 is 28.4 Å². The maximum Gasteiger partial charge on any atom is 0.312 e. The normalized spacial score (nSPS) is 11.1. The van der Waals surface area contributed by atoms with Crippen LogP contribution < -0.4 is 33.1 Å². The van der Waals surface area contributed by atoms with Gasteiger partial charge in [0.25, 0.3) is 10.0 Å². The second kappa shape index (κ2) is 12.3. The van der Waals surface area contributed by atoms with Gasteiger partial charge in [-0.05, 0) is 35.9 Å². The average molecular weight is 561 g/mol. The summed E-state index contributed by atoms with van der Waals surface area (Å²) >= 11 is 0. The van der Waals surface area contributed by atoms with Crippen LogP contribution in [0.2, 0.25) is 0 Å². The maximum absolute atomic E-state index is 13.3. The van der Waals surface area contributed by atoms with Crippen LogP contribution in [0.15, 0.2) is 47.4 Å². The zero-order valence-corrected chi connectivity index (χ0v) is 23.0. The number of hydrogen-bond donors (Lipinski definition) is 1. The third kappa shape index (κ3) is 6.26. The molecule has 1 N–H and O–H groups in total. The Kier molecular flexibility index (Phi) is 9.09. The van der Waals surface area contributed by atoms with E-state index >= 15 is 0 Å². The predicted octanol–water partition coefficient (Wildman–Crippen LogP) is 4.62. The maximum atomic E-state index is 13.3. The first-order valence-corrected chi connectivity index (χ1v) is 12.7. The molecule has 12 nitrogen and oxygen atoms in total. The minimum Gasteiger partial charge on any atom is -0.493 e. The highest BCUT2D eigenvalue weighted by Crippen LogP contribution is 2.40. The van der Waals surface area contributed by atoms with Crippen LogP contribution in [0.1, 0.15) is 11.1 Å². The summed E-state index contributed by atoms with van der Waals surface area (Å²) in [7, 11) is 4.33. The number of nitro benzene ring substituents is 1. The summed E-state index contributed by atoms with van der Waals surface area (Å²) in [6.45, 7) is 0. The van der Waals surface area contributed by atoms with Crippen molar-refractivity contribution in [3.05, 3.63) is 63.7 Å². The minimum absolute atomic E-state index is 0.0703. The number of hydrogen-bond acceptors (Lipinski definition) is 10. The van der Waals surface area contributed by atoms with E-state index in [1.807, 2.05) is 0 Å². The number of benzene rings is 3. The van der Waals surface area contributed by atoms with Crippen molar-refractivity contribution in [3.63, 3.8) is 0 Å². The lowest BCUT2D eigenvalue weighted by molar-refractivity contribution is -0.386. The second-order valence-corrected chi connectivity index (χ2v) is 9.47. The topological polar surface area (TPSA) is 145 Å². The van der Waals surface area contributed by atoms with Gasteiger partial charge in [-0.2, -0.15) is 0 Å². The lowest BCUT2D eigenvalue weighted by atomic mass is 10.1. The lowest BCUT2D eigenvalue weighted by Gasteiger charge is -2.16. The molecule has 0 radical (unpaired) electrons. The molecule has 0 spiro atoms. The number of rotatable bonds is 12. The van der Waals surface area contributed by atoms with E-state index in [1.54, 1.807) is 30.4 Å². The third-order valence-corrected chi connectivity index (χ3v) is 6.96. The smallest absolute Gasteiger partial charge is 0.312 e. The summed E-state index contributed by atoms with van der Waals surface area (Å²) in [5.74, 6) is 1.84. The number of anilines is 1. The molecular formula is C26H28N2O10S. The molecule has 208 valence electrons. The van der Waals surface area contributed by atoms with E-state index in [9.17, 15) is 18.5 Å². The van der Waals surface area contributed by atoms with Crippen LogP contribution >= 0.6 is 0 Å². The molecule has 0 fully saturated rings. The Morgan fingerprint density at radius 1 is 0.718 bits per heavy atom. The number of methoxy groups -OCH3 is 6. The van der Waals surface area contributed by atoms with Crippen molar-refractivity contribution >= 4 is 33.6 Å². The highest BCUT2D eigenvalue weighted by Gasteiger charge is 2.23. The van der Waals surface area contributed by atoms with Gasteiger partial charge in [-0.3, -0.25) is 14.8 Å². The van der Waals surface area contributed by atoms with Crippen molar-refractivity contribution in [2.45, 2.75) is 4.90 Å². The van der Waals surface area contributed by atoms with Crippen molar-refractivity contribution in [2.24, 2.45) is 0 Å². The van der Waals surface area contributed by atoms with Crippen LogP contribution in [0, 0.1) is 10.1 Å². The molecule has 0 aliphatic carbocycles. The zero-order chi connectivity index (χ0) is 28.7. The Balaban J connectivity index is 2.11. The highest BCUT2D eigenvalue weighted by molar-refractivity contribution is 7.92. The Bertz CT molecular complexity index is 1480. The molecule has 0 atom stereocenters. The molecule has 0 unspecified atom stereocenters. The van der Waals surface area contributed by atoms with E-state index < -0.39 is 20.6 Å². The first kappa shape index (κ1) is 28.9. The van der Waals surface area contributed by atoms with E-state index in [-0.39, 0.29) is 22.1 Å². The first-order chi connectivity index (χ1) is 18.6. The number of ether oxygens (including phenoxy) is 6. The summed E-state index contributed by atoms with van der Waals surface area (Å²) in [5.41, 5.74) is 0.719. The van der Waals surface area contributed by atoms with Crippen molar-refractivity contribution in [3.8, 4) is 34.5 Å². The minimum atomic E-state index is -4.27. The van der Waals surface area contributed by atoms with Crippen LogP contribution in [0.25, 0.3) is 12.2 Å². The lowest BCUT2D eigenvalue weighted by Crippen LogP contribution is -2.14. The number of sulfonamides is 1. The van der Waals surface area contributed by atoms with Gasteiger partial charge in [0, 0.05) is 17.7 Å². The fourth-order valence-corrected chi connectivity index (χ4v) is 4.79. The van der Waals surface area contributed by atoms with Gasteiger partial charge in [-0.1, -0.05) is 12.2 Å². The SMILES string of the molecule is COc1cc(/C=C\c2cc(OC)c(OC)c(OC)c2)c(NS(=O)(=O)c2ccc(OC)c([N+](=O)[O-])c2)cc1OC. The van der Waals surface area contributed by atoms with Crippen molar-refractivity contribution in [2.75, 3.05) is 47.4 Å². The largest absolute Gasteiger partial charge is 0.493 e. The van der Waals surface area contributed by atoms with Crippen LogP contribution in [-0.2, 0) is 10.0 Å². The molecule has 0 saturated heterocycles. The molecule has 0 heterocycles. The Morgan fingerprint density at radius 2 is 1.28 bits per heavy atom. The summed E-state index contributed by atoms with van der Waals surface area (Å²) in [4.78, 5) is 10.4. The fourth-order valence-electron chi connectivity index (χ4n) is 3.69. The predicted molar refractivity (Wildman–Crippen MR) is 145 cm³/mol. The molecule has 0 aliphatic rings. The van der Waals surface area contributed by atoms with Crippen molar-refractivity contribution < 1.29 is 41.8 Å². The van der Waals surface area contributed by atoms with E-state index in [4.69, 9.17) is 28.4 Å². The van der Waals surface area contributed by atoms with Gasteiger partial charge in [0.1, 0.15) is 0 Å². The standard InChI is InChI=1S/C26H28N2O10S/c1-33-21-10-9-18(14-20(21)28(29)30)39(31,32)27-19-15-23(35-3)22(34-2)13-17(19)8-7-16-11-24(36-4)26(38-6)25(12-16)37-5/h7-15,27H,1-6H3/b8-7-. The summed E-state index contributed by atoms with van der Waals surface area (Å²) in [6.07, 6.45) is 3.36. The highest BCUT2D eigenvalue weighted by atomic mass is 32.2. The van der Waals surface area contributed by atoms with Crippen LogP contribution in [0.4, 0.5) is 11.4 Å². The van der Waals surface area contributed by atoms with Gasteiger partial charge in [0.2, 0.25) is 5.75 Å². The molecule has 13 heteroatoms. The average Bonchev–Trinajstić information content (AvgIpc) is 2.94. The van der Waals surface area contributed by atoms with Gasteiger partial charge in [0.15, 0.2) is 28.7 Å². The first-order valence-electron chi connectivity index (χ1n) is 11.2. The van der Waals surface area contributed by atoms with Gasteiger partial charge in [-0.15, -0.1) is 0 Å². The third-order valence-electron chi connectivity index (χ3n) is 5.60. The van der Waals surface area contributed by atoms with Gasteiger partial charge in [-0.25, -0.2) is 8.42 Å². The molecule has 39 heavy (non-hydrogen) atoms. The van der Waals surface area contributed by atoms with E-state index in [1.165, 1.54) is 60.9 Å². The van der Waals surface area contributed by atoms with E-state index in [2.05, 4.69) is 4.72 Å². The van der Waals surface area contributed by atoms with Crippen molar-refractivity contribution in [1.29, 1.82) is 0 Å². The molecule has 0 aliphatic heterocycles.